The molecule has 1 aromatic rings. The first-order chi connectivity index (χ1) is 10.5. The lowest BCUT2D eigenvalue weighted by Gasteiger charge is -2.57. The SMILES string of the molecule is C=C1CCC2C(C)(CO)CCCC2(O)C1CCc1ccoc1. The van der Waals surface area contributed by atoms with Gasteiger partial charge in [0, 0.05) is 12.5 Å². The lowest BCUT2D eigenvalue weighted by molar-refractivity contribution is -0.161. The van der Waals surface area contributed by atoms with Gasteiger partial charge in [-0.1, -0.05) is 19.1 Å². The molecule has 2 aliphatic rings. The predicted molar refractivity (Wildman–Crippen MR) is 86.4 cm³/mol. The van der Waals surface area contributed by atoms with Crippen LogP contribution < -0.4 is 0 Å². The van der Waals surface area contributed by atoms with Gasteiger partial charge in [0.1, 0.15) is 0 Å². The highest BCUT2D eigenvalue weighted by Crippen LogP contribution is 2.56. The van der Waals surface area contributed by atoms with E-state index in [0.717, 1.165) is 44.9 Å². The van der Waals surface area contributed by atoms with Crippen LogP contribution >= 0.6 is 0 Å². The smallest absolute Gasteiger partial charge is 0.0934 e. The highest BCUT2D eigenvalue weighted by molar-refractivity contribution is 5.19. The van der Waals surface area contributed by atoms with E-state index in [1.807, 2.05) is 6.07 Å². The van der Waals surface area contributed by atoms with Gasteiger partial charge in [-0.15, -0.1) is 0 Å². The van der Waals surface area contributed by atoms with Gasteiger partial charge in [-0.2, -0.15) is 0 Å². The first-order valence-electron chi connectivity index (χ1n) is 8.51. The number of furan rings is 1. The zero-order valence-electron chi connectivity index (χ0n) is 13.6. The van der Waals surface area contributed by atoms with Crippen molar-refractivity contribution in [2.24, 2.45) is 17.3 Å². The first kappa shape index (κ1) is 15.8. The van der Waals surface area contributed by atoms with E-state index in [2.05, 4.69) is 13.5 Å². The van der Waals surface area contributed by atoms with Crippen LogP contribution in [0.15, 0.2) is 35.2 Å². The third-order valence-electron chi connectivity index (χ3n) is 6.28. The molecule has 2 fully saturated rings. The summed E-state index contributed by atoms with van der Waals surface area (Å²) in [4.78, 5) is 0. The molecule has 0 saturated heterocycles. The summed E-state index contributed by atoms with van der Waals surface area (Å²) in [6.45, 7) is 6.57. The molecular weight excluding hydrogens is 276 g/mol. The molecule has 0 radical (unpaired) electrons. The molecule has 22 heavy (non-hydrogen) atoms. The molecule has 122 valence electrons. The van der Waals surface area contributed by atoms with E-state index in [0.29, 0.717) is 0 Å². The van der Waals surface area contributed by atoms with Crippen molar-refractivity contribution >= 4 is 0 Å². The largest absolute Gasteiger partial charge is 0.472 e. The second-order valence-electron chi connectivity index (χ2n) is 7.63. The highest BCUT2D eigenvalue weighted by atomic mass is 16.3. The lowest BCUT2D eigenvalue weighted by atomic mass is 9.51. The maximum Gasteiger partial charge on any atom is 0.0934 e. The number of fused-ring (bicyclic) bond motifs is 1. The fourth-order valence-electron chi connectivity index (χ4n) is 4.99. The molecular formula is C19H28O3. The van der Waals surface area contributed by atoms with Crippen LogP contribution in [0.2, 0.25) is 0 Å². The summed E-state index contributed by atoms with van der Waals surface area (Å²) in [6.07, 6.45) is 10.1. The summed E-state index contributed by atoms with van der Waals surface area (Å²) in [5.74, 6) is 0.311. The van der Waals surface area contributed by atoms with Gasteiger partial charge in [0.05, 0.1) is 18.1 Å². The molecule has 3 nitrogen and oxygen atoms in total. The second kappa shape index (κ2) is 5.86. The Morgan fingerprint density at radius 3 is 2.91 bits per heavy atom. The topological polar surface area (TPSA) is 53.6 Å². The molecule has 0 spiro atoms. The minimum Gasteiger partial charge on any atom is -0.472 e. The third kappa shape index (κ3) is 2.55. The molecule has 2 aliphatic carbocycles. The molecule has 1 aromatic heterocycles. The predicted octanol–water partition coefficient (Wildman–Crippen LogP) is 3.71. The highest BCUT2D eigenvalue weighted by Gasteiger charge is 2.55. The van der Waals surface area contributed by atoms with Gasteiger partial charge in [0.2, 0.25) is 0 Å². The van der Waals surface area contributed by atoms with Crippen LogP contribution in [-0.2, 0) is 6.42 Å². The van der Waals surface area contributed by atoms with Crippen LogP contribution in [0, 0.1) is 17.3 Å². The Morgan fingerprint density at radius 1 is 1.41 bits per heavy atom. The van der Waals surface area contributed by atoms with Crippen LogP contribution in [0.5, 0.6) is 0 Å². The standard InChI is InChI=1S/C19H28O3/c1-14-4-7-17-18(2,13-20)9-3-10-19(17,21)16(14)6-5-15-8-11-22-12-15/h8,11-12,16-17,20-21H,1,3-7,9-10,13H2,2H3. The van der Waals surface area contributed by atoms with Crippen molar-refractivity contribution in [2.45, 2.75) is 57.5 Å². The van der Waals surface area contributed by atoms with Gasteiger partial charge in [-0.3, -0.25) is 0 Å². The molecule has 1 heterocycles. The Bertz CT molecular complexity index is 521. The van der Waals surface area contributed by atoms with Crippen molar-refractivity contribution in [3.8, 4) is 0 Å². The third-order valence-corrected chi connectivity index (χ3v) is 6.28. The maximum absolute atomic E-state index is 11.5. The summed E-state index contributed by atoms with van der Waals surface area (Å²) in [6, 6.07) is 1.99. The number of aliphatic hydroxyl groups is 2. The van der Waals surface area contributed by atoms with Crippen LogP contribution in [0.4, 0.5) is 0 Å². The molecule has 3 heteroatoms. The van der Waals surface area contributed by atoms with E-state index >= 15 is 0 Å². The van der Waals surface area contributed by atoms with Gasteiger partial charge in [0.15, 0.2) is 0 Å². The van der Waals surface area contributed by atoms with Crippen LogP contribution in [0.3, 0.4) is 0 Å². The van der Waals surface area contributed by atoms with Gasteiger partial charge < -0.3 is 14.6 Å². The number of aliphatic hydroxyl groups excluding tert-OH is 1. The summed E-state index contributed by atoms with van der Waals surface area (Å²) < 4.78 is 5.15. The van der Waals surface area contributed by atoms with Gasteiger partial charge >= 0.3 is 0 Å². The molecule has 0 aromatic carbocycles. The average Bonchev–Trinajstić information content (AvgIpc) is 2.99. The van der Waals surface area contributed by atoms with E-state index in [9.17, 15) is 10.2 Å². The van der Waals surface area contributed by atoms with Gasteiger partial charge in [-0.05, 0) is 67.9 Å². The van der Waals surface area contributed by atoms with E-state index < -0.39 is 5.60 Å². The molecule has 0 aliphatic heterocycles. The Balaban J connectivity index is 1.82. The van der Waals surface area contributed by atoms with Crippen molar-refractivity contribution in [2.75, 3.05) is 6.61 Å². The Labute approximate surface area is 133 Å². The Hall–Kier alpha value is -1.06. The van der Waals surface area contributed by atoms with Crippen molar-refractivity contribution in [1.82, 2.24) is 0 Å². The molecule has 2 saturated carbocycles. The summed E-state index contributed by atoms with van der Waals surface area (Å²) >= 11 is 0. The quantitative estimate of drug-likeness (QED) is 0.834. The maximum atomic E-state index is 11.5. The lowest BCUT2D eigenvalue weighted by Crippen LogP contribution is -2.58. The summed E-state index contributed by atoms with van der Waals surface area (Å²) in [5.41, 5.74) is 1.51. The van der Waals surface area contributed by atoms with Crippen molar-refractivity contribution < 1.29 is 14.6 Å². The average molecular weight is 304 g/mol. The molecule has 0 amide bonds. The normalized spacial score (nSPS) is 38.8. The van der Waals surface area contributed by atoms with Crippen molar-refractivity contribution in [1.29, 1.82) is 0 Å². The number of aryl methyl sites for hydroxylation is 1. The first-order valence-corrected chi connectivity index (χ1v) is 8.51. The fraction of sp³-hybridized carbons (Fsp3) is 0.684. The van der Waals surface area contributed by atoms with Crippen molar-refractivity contribution in [3.63, 3.8) is 0 Å². The minimum atomic E-state index is -0.700. The minimum absolute atomic E-state index is 0.132. The van der Waals surface area contributed by atoms with E-state index in [1.54, 1.807) is 12.5 Å². The zero-order valence-corrected chi connectivity index (χ0v) is 13.6. The number of hydrogen-bond donors (Lipinski definition) is 2. The Kier molecular flexibility index (Phi) is 4.21. The summed E-state index contributed by atoms with van der Waals surface area (Å²) in [5, 5.41) is 21.4. The molecule has 2 N–H and O–H groups in total. The molecule has 4 atom stereocenters. The van der Waals surface area contributed by atoms with Gasteiger partial charge in [0.25, 0.3) is 0 Å². The molecule has 0 bridgehead atoms. The van der Waals surface area contributed by atoms with Gasteiger partial charge in [-0.25, -0.2) is 0 Å². The number of rotatable bonds is 4. The van der Waals surface area contributed by atoms with E-state index in [1.165, 1.54) is 11.1 Å². The van der Waals surface area contributed by atoms with E-state index in [-0.39, 0.29) is 23.9 Å². The number of hydrogen-bond acceptors (Lipinski definition) is 3. The molecule has 4 unspecified atom stereocenters. The zero-order chi connectivity index (χ0) is 15.8. The fourth-order valence-corrected chi connectivity index (χ4v) is 4.99. The van der Waals surface area contributed by atoms with Crippen LogP contribution in [0.1, 0.15) is 51.0 Å². The summed E-state index contributed by atoms with van der Waals surface area (Å²) in [7, 11) is 0. The van der Waals surface area contributed by atoms with Crippen LogP contribution in [0.25, 0.3) is 0 Å². The van der Waals surface area contributed by atoms with Crippen LogP contribution in [-0.4, -0.2) is 22.4 Å². The van der Waals surface area contributed by atoms with E-state index in [4.69, 9.17) is 4.42 Å². The molecule has 3 rings (SSSR count). The second-order valence-corrected chi connectivity index (χ2v) is 7.63. The van der Waals surface area contributed by atoms with Crippen molar-refractivity contribution in [3.05, 3.63) is 36.3 Å². The Morgan fingerprint density at radius 2 is 2.23 bits per heavy atom. The monoisotopic (exact) mass is 304 g/mol.